The van der Waals surface area contributed by atoms with Crippen LogP contribution in [0.1, 0.15) is 29.3 Å². The molecule has 1 aliphatic rings. The van der Waals surface area contributed by atoms with Gasteiger partial charge in [-0.05, 0) is 43.4 Å². The highest BCUT2D eigenvalue weighted by atomic mass is 16.5. The Bertz CT molecular complexity index is 515. The second-order valence-corrected chi connectivity index (χ2v) is 5.34. The van der Waals surface area contributed by atoms with Gasteiger partial charge in [-0.25, -0.2) is 4.79 Å². The maximum atomic E-state index is 11.9. The lowest BCUT2D eigenvalue weighted by Gasteiger charge is -2.16. The van der Waals surface area contributed by atoms with Crippen LogP contribution < -0.4 is 0 Å². The molecule has 1 aromatic rings. The summed E-state index contributed by atoms with van der Waals surface area (Å²) < 4.78 is 5.15. The minimum Gasteiger partial charge on any atom is -0.478 e. The number of benzene rings is 1. The molecule has 1 unspecified atom stereocenters. The van der Waals surface area contributed by atoms with E-state index in [1.165, 1.54) is 0 Å². The highest BCUT2D eigenvalue weighted by molar-refractivity contribution is 5.87. The Morgan fingerprint density at radius 2 is 2.24 bits per heavy atom. The zero-order chi connectivity index (χ0) is 15.2. The molecule has 1 aromatic carbocycles. The zero-order valence-corrected chi connectivity index (χ0v) is 12.2. The van der Waals surface area contributed by atoms with Crippen LogP contribution in [0, 0.1) is 5.92 Å². The summed E-state index contributed by atoms with van der Waals surface area (Å²) in [6.07, 6.45) is 1.76. The van der Waals surface area contributed by atoms with Crippen molar-refractivity contribution >= 4 is 11.9 Å². The molecular formula is C16H21NO4. The quantitative estimate of drug-likeness (QED) is 0.868. The van der Waals surface area contributed by atoms with E-state index >= 15 is 0 Å². The summed E-state index contributed by atoms with van der Waals surface area (Å²) in [4.78, 5) is 24.7. The van der Waals surface area contributed by atoms with Crippen LogP contribution >= 0.6 is 0 Å². The molecule has 1 amide bonds. The van der Waals surface area contributed by atoms with Gasteiger partial charge in [0, 0.05) is 19.7 Å². The minimum absolute atomic E-state index is 0.0404. The molecular weight excluding hydrogens is 270 g/mol. The Morgan fingerprint density at radius 1 is 1.43 bits per heavy atom. The Morgan fingerprint density at radius 3 is 2.95 bits per heavy atom. The van der Waals surface area contributed by atoms with E-state index in [2.05, 4.69) is 0 Å². The molecule has 21 heavy (non-hydrogen) atoms. The van der Waals surface area contributed by atoms with Crippen LogP contribution in [-0.2, 0) is 16.0 Å². The number of hydrogen-bond donors (Lipinski definition) is 1. The fourth-order valence-electron chi connectivity index (χ4n) is 2.67. The molecule has 1 saturated heterocycles. The molecule has 5 nitrogen and oxygen atoms in total. The number of aromatic carboxylic acids is 1. The second-order valence-electron chi connectivity index (χ2n) is 5.34. The summed E-state index contributed by atoms with van der Waals surface area (Å²) in [7, 11) is 0. The number of ether oxygens (including phenoxy) is 1. The number of carboxylic acids is 1. The molecule has 0 aromatic heterocycles. The van der Waals surface area contributed by atoms with Gasteiger partial charge in [-0.2, -0.15) is 0 Å². The van der Waals surface area contributed by atoms with Gasteiger partial charge in [0.1, 0.15) is 6.61 Å². The Labute approximate surface area is 124 Å². The van der Waals surface area contributed by atoms with Crippen LogP contribution in [0.25, 0.3) is 0 Å². The average molecular weight is 291 g/mol. The lowest BCUT2D eigenvalue weighted by molar-refractivity contribution is -0.135. The monoisotopic (exact) mass is 291 g/mol. The van der Waals surface area contributed by atoms with Gasteiger partial charge in [0.2, 0.25) is 5.91 Å². The van der Waals surface area contributed by atoms with E-state index in [0.29, 0.717) is 18.1 Å². The predicted octanol–water partition coefficient (Wildman–Crippen LogP) is 1.81. The first-order valence-electron chi connectivity index (χ1n) is 7.28. The molecule has 1 atom stereocenters. The molecule has 1 heterocycles. The van der Waals surface area contributed by atoms with Crippen molar-refractivity contribution in [3.8, 4) is 0 Å². The molecule has 0 bridgehead atoms. The largest absolute Gasteiger partial charge is 0.478 e. The van der Waals surface area contributed by atoms with E-state index in [0.717, 1.165) is 31.5 Å². The second kappa shape index (κ2) is 7.22. The molecule has 0 saturated carbocycles. The number of rotatable bonds is 6. The molecule has 114 valence electrons. The molecule has 0 radical (unpaired) electrons. The van der Waals surface area contributed by atoms with E-state index < -0.39 is 5.97 Å². The third kappa shape index (κ3) is 4.29. The Hall–Kier alpha value is -1.88. The van der Waals surface area contributed by atoms with Crippen LogP contribution in [0.3, 0.4) is 0 Å². The first-order chi connectivity index (χ1) is 10.1. The van der Waals surface area contributed by atoms with E-state index in [-0.39, 0.29) is 12.5 Å². The number of carbonyl (C=O) groups is 2. The topological polar surface area (TPSA) is 66.8 Å². The van der Waals surface area contributed by atoms with Gasteiger partial charge < -0.3 is 14.7 Å². The number of carboxylic acid groups (broad SMARTS) is 1. The highest BCUT2D eigenvalue weighted by Gasteiger charge is 2.26. The number of amides is 1. The van der Waals surface area contributed by atoms with Crippen molar-refractivity contribution in [1.82, 2.24) is 4.90 Å². The minimum atomic E-state index is -0.906. The normalized spacial score (nSPS) is 18.0. The third-order valence-electron chi connectivity index (χ3n) is 3.77. The molecule has 1 fully saturated rings. The number of hydrogen-bond acceptors (Lipinski definition) is 3. The van der Waals surface area contributed by atoms with Gasteiger partial charge in [-0.15, -0.1) is 0 Å². The fraction of sp³-hybridized carbons (Fsp3) is 0.500. The van der Waals surface area contributed by atoms with Gasteiger partial charge >= 0.3 is 5.97 Å². The lowest BCUT2D eigenvalue weighted by atomic mass is 9.97. The van der Waals surface area contributed by atoms with Crippen molar-refractivity contribution in [1.29, 1.82) is 0 Å². The zero-order valence-electron chi connectivity index (χ0n) is 12.2. The summed E-state index contributed by atoms with van der Waals surface area (Å²) in [5.74, 6) is -0.477. The molecule has 1 N–H and O–H groups in total. The SMILES string of the molecule is CCOCC(=O)N1CCC(Cc2cccc(C(=O)O)c2)C1. The summed E-state index contributed by atoms with van der Waals surface area (Å²) in [5, 5.41) is 9.00. The summed E-state index contributed by atoms with van der Waals surface area (Å²) in [5.41, 5.74) is 1.33. The molecule has 0 aliphatic carbocycles. The van der Waals surface area contributed by atoms with Gasteiger partial charge in [0.15, 0.2) is 0 Å². The Balaban J connectivity index is 1.89. The fourth-order valence-corrected chi connectivity index (χ4v) is 2.67. The summed E-state index contributed by atoms with van der Waals surface area (Å²) in [6, 6.07) is 7.02. The standard InChI is InChI=1S/C16H21NO4/c1-2-21-11-15(18)17-7-6-13(10-17)8-12-4-3-5-14(9-12)16(19)20/h3-5,9,13H,2,6-8,10-11H2,1H3,(H,19,20). The number of likely N-dealkylation sites (tertiary alicyclic amines) is 1. The smallest absolute Gasteiger partial charge is 0.335 e. The predicted molar refractivity (Wildman–Crippen MR) is 78.3 cm³/mol. The van der Waals surface area contributed by atoms with Crippen LogP contribution in [-0.4, -0.2) is 48.2 Å². The molecule has 0 spiro atoms. The van der Waals surface area contributed by atoms with Crippen molar-refractivity contribution < 1.29 is 19.4 Å². The van der Waals surface area contributed by atoms with Crippen LogP contribution in [0.5, 0.6) is 0 Å². The van der Waals surface area contributed by atoms with Gasteiger partial charge in [0.25, 0.3) is 0 Å². The van der Waals surface area contributed by atoms with Crippen LogP contribution in [0.2, 0.25) is 0 Å². The first kappa shape index (κ1) is 15.5. The maximum Gasteiger partial charge on any atom is 0.335 e. The summed E-state index contributed by atoms with van der Waals surface area (Å²) in [6.45, 7) is 4.05. The molecule has 5 heteroatoms. The van der Waals surface area contributed by atoms with Crippen molar-refractivity contribution in [2.45, 2.75) is 19.8 Å². The van der Waals surface area contributed by atoms with Crippen LogP contribution in [0.15, 0.2) is 24.3 Å². The average Bonchev–Trinajstić information content (AvgIpc) is 2.93. The van der Waals surface area contributed by atoms with E-state index in [4.69, 9.17) is 9.84 Å². The highest BCUT2D eigenvalue weighted by Crippen LogP contribution is 2.21. The first-order valence-corrected chi connectivity index (χ1v) is 7.28. The van der Waals surface area contributed by atoms with Crippen molar-refractivity contribution in [3.63, 3.8) is 0 Å². The van der Waals surface area contributed by atoms with Gasteiger partial charge in [-0.3, -0.25) is 4.79 Å². The van der Waals surface area contributed by atoms with Crippen molar-refractivity contribution in [2.24, 2.45) is 5.92 Å². The molecule has 2 rings (SSSR count). The van der Waals surface area contributed by atoms with Gasteiger partial charge in [0.05, 0.1) is 5.56 Å². The maximum absolute atomic E-state index is 11.9. The van der Waals surface area contributed by atoms with Crippen LogP contribution in [0.4, 0.5) is 0 Å². The van der Waals surface area contributed by atoms with E-state index in [1.807, 2.05) is 17.9 Å². The number of carbonyl (C=O) groups excluding carboxylic acids is 1. The van der Waals surface area contributed by atoms with Crippen molar-refractivity contribution in [2.75, 3.05) is 26.3 Å². The Kier molecular flexibility index (Phi) is 5.33. The van der Waals surface area contributed by atoms with Crippen molar-refractivity contribution in [3.05, 3.63) is 35.4 Å². The molecule has 1 aliphatic heterocycles. The van der Waals surface area contributed by atoms with Gasteiger partial charge in [-0.1, -0.05) is 12.1 Å². The number of nitrogens with zero attached hydrogens (tertiary/aromatic N) is 1. The third-order valence-corrected chi connectivity index (χ3v) is 3.77. The lowest BCUT2D eigenvalue weighted by Crippen LogP contribution is -2.32. The summed E-state index contributed by atoms with van der Waals surface area (Å²) >= 11 is 0. The van der Waals surface area contributed by atoms with E-state index in [9.17, 15) is 9.59 Å². The van der Waals surface area contributed by atoms with E-state index in [1.54, 1.807) is 18.2 Å².